The summed E-state index contributed by atoms with van der Waals surface area (Å²) in [5, 5.41) is 20.2. The molecule has 0 unspecified atom stereocenters. The first-order valence-electron chi connectivity index (χ1n) is 8.33. The minimum atomic E-state index is -0.478. The van der Waals surface area contributed by atoms with Crippen molar-refractivity contribution in [1.29, 1.82) is 0 Å². The molecule has 8 nitrogen and oxygen atoms in total. The molecular formula is C19H12ClN5O3S. The number of halogens is 1. The van der Waals surface area contributed by atoms with E-state index in [1.54, 1.807) is 34.9 Å². The Morgan fingerprint density at radius 2 is 1.90 bits per heavy atom. The summed E-state index contributed by atoms with van der Waals surface area (Å²) in [5.74, 6) is -0.222. The topological polar surface area (TPSA) is 102 Å². The number of benzene rings is 2. The van der Waals surface area contributed by atoms with Gasteiger partial charge in [0.2, 0.25) is 4.96 Å². The van der Waals surface area contributed by atoms with E-state index in [-0.39, 0.29) is 11.6 Å². The molecule has 1 N–H and O–H groups in total. The number of anilines is 1. The van der Waals surface area contributed by atoms with Crippen molar-refractivity contribution >= 4 is 51.5 Å². The zero-order chi connectivity index (χ0) is 20.4. The van der Waals surface area contributed by atoms with Gasteiger partial charge in [0, 0.05) is 34.2 Å². The van der Waals surface area contributed by atoms with Crippen LogP contribution < -0.4 is 5.32 Å². The summed E-state index contributed by atoms with van der Waals surface area (Å²) in [7, 11) is 0. The monoisotopic (exact) mass is 425 g/mol. The number of hydrogen-bond donors (Lipinski definition) is 1. The first-order valence-corrected chi connectivity index (χ1v) is 9.59. The molecule has 0 aliphatic rings. The fraction of sp³-hybridized carbons (Fsp3) is 0. The Morgan fingerprint density at radius 1 is 1.17 bits per heavy atom. The van der Waals surface area contributed by atoms with Crippen LogP contribution >= 0.6 is 22.9 Å². The molecule has 144 valence electrons. The highest BCUT2D eigenvalue weighted by atomic mass is 35.5. The van der Waals surface area contributed by atoms with Crippen molar-refractivity contribution in [1.82, 2.24) is 14.6 Å². The maximum atomic E-state index is 12.1. The number of non-ortho nitro benzene ring substituents is 1. The van der Waals surface area contributed by atoms with Gasteiger partial charge in [-0.25, -0.2) is 4.52 Å². The number of nitro groups is 1. The lowest BCUT2D eigenvalue weighted by atomic mass is 10.2. The summed E-state index contributed by atoms with van der Waals surface area (Å²) in [4.78, 5) is 27.3. The number of fused-ring (bicyclic) bond motifs is 1. The second-order valence-electron chi connectivity index (χ2n) is 5.93. The third-order valence-corrected chi connectivity index (χ3v) is 5.06. The van der Waals surface area contributed by atoms with Crippen LogP contribution in [0.3, 0.4) is 0 Å². The molecule has 10 heteroatoms. The maximum absolute atomic E-state index is 12.1. The molecule has 4 rings (SSSR count). The quantitative estimate of drug-likeness (QED) is 0.284. The fourth-order valence-electron chi connectivity index (χ4n) is 2.58. The van der Waals surface area contributed by atoms with E-state index < -0.39 is 10.8 Å². The number of rotatable bonds is 5. The lowest BCUT2D eigenvalue weighted by Crippen LogP contribution is -2.09. The van der Waals surface area contributed by atoms with Crippen LogP contribution in [0.1, 0.15) is 5.56 Å². The molecule has 0 radical (unpaired) electrons. The minimum Gasteiger partial charge on any atom is -0.290 e. The SMILES string of the molecule is O=C(/C=C/c1ccc([N+](=O)[O-])cc1)Nc1nc2scc(-c3ccc(Cl)cc3)n2n1. The number of thiazole rings is 1. The van der Waals surface area contributed by atoms with Gasteiger partial charge in [-0.05, 0) is 35.9 Å². The van der Waals surface area contributed by atoms with Crippen molar-refractivity contribution in [2.75, 3.05) is 5.32 Å². The first-order chi connectivity index (χ1) is 14.0. The summed E-state index contributed by atoms with van der Waals surface area (Å²) in [6.45, 7) is 0. The van der Waals surface area contributed by atoms with Crippen LogP contribution in [0.25, 0.3) is 22.3 Å². The van der Waals surface area contributed by atoms with E-state index in [1.807, 2.05) is 17.5 Å². The molecule has 2 aromatic carbocycles. The highest BCUT2D eigenvalue weighted by molar-refractivity contribution is 7.15. The van der Waals surface area contributed by atoms with Crippen LogP contribution in [0.15, 0.2) is 60.0 Å². The van der Waals surface area contributed by atoms with Crippen LogP contribution in [-0.4, -0.2) is 25.4 Å². The Morgan fingerprint density at radius 3 is 2.59 bits per heavy atom. The van der Waals surface area contributed by atoms with Gasteiger partial charge in [0.15, 0.2) is 0 Å². The first kappa shape index (κ1) is 18.8. The predicted molar refractivity (Wildman–Crippen MR) is 112 cm³/mol. The van der Waals surface area contributed by atoms with Crippen LogP contribution in [0, 0.1) is 10.1 Å². The Labute approximate surface area is 173 Å². The number of aromatic nitrogens is 3. The van der Waals surface area contributed by atoms with Gasteiger partial charge in [0.25, 0.3) is 17.5 Å². The molecule has 2 heterocycles. The van der Waals surface area contributed by atoms with Crippen LogP contribution in [0.5, 0.6) is 0 Å². The molecule has 0 spiro atoms. The average Bonchev–Trinajstić information content (AvgIpc) is 3.27. The van der Waals surface area contributed by atoms with E-state index >= 15 is 0 Å². The summed E-state index contributed by atoms with van der Waals surface area (Å²) in [6.07, 6.45) is 2.87. The van der Waals surface area contributed by atoms with Gasteiger partial charge < -0.3 is 0 Å². The Bertz CT molecular complexity index is 1230. The summed E-state index contributed by atoms with van der Waals surface area (Å²) < 4.78 is 1.66. The van der Waals surface area contributed by atoms with E-state index in [4.69, 9.17) is 11.6 Å². The average molecular weight is 426 g/mol. The molecule has 0 saturated carbocycles. The molecule has 0 bridgehead atoms. The van der Waals surface area contributed by atoms with Crippen molar-refractivity contribution in [3.05, 3.63) is 80.7 Å². The van der Waals surface area contributed by atoms with Crippen LogP contribution in [0.4, 0.5) is 11.6 Å². The van der Waals surface area contributed by atoms with Gasteiger partial charge >= 0.3 is 0 Å². The lowest BCUT2D eigenvalue weighted by molar-refractivity contribution is -0.384. The molecule has 0 atom stereocenters. The summed E-state index contributed by atoms with van der Waals surface area (Å²) in [6, 6.07) is 13.2. The summed E-state index contributed by atoms with van der Waals surface area (Å²) >= 11 is 7.34. The number of nitrogens with one attached hydrogen (secondary N) is 1. The van der Waals surface area contributed by atoms with Crippen LogP contribution in [0.2, 0.25) is 5.02 Å². The number of nitrogens with zero attached hydrogens (tertiary/aromatic N) is 4. The van der Waals surface area contributed by atoms with E-state index in [0.29, 0.717) is 15.5 Å². The third kappa shape index (κ3) is 4.15. The molecular weight excluding hydrogens is 414 g/mol. The van der Waals surface area contributed by atoms with Gasteiger partial charge in [-0.15, -0.1) is 16.4 Å². The Kier molecular flexibility index (Phi) is 5.07. The standard InChI is InChI=1S/C19H12ClN5O3S/c20-14-6-4-13(5-7-14)16-11-29-19-22-18(23-24(16)19)21-17(26)10-3-12-1-8-15(9-2-12)25(27)28/h1-11H,(H,21,23,26)/b10-3+. The molecule has 0 fully saturated rings. The van der Waals surface area contributed by atoms with E-state index in [0.717, 1.165) is 11.3 Å². The van der Waals surface area contributed by atoms with Crippen molar-refractivity contribution in [2.45, 2.75) is 0 Å². The van der Waals surface area contributed by atoms with Gasteiger partial charge in [0.05, 0.1) is 10.6 Å². The minimum absolute atomic E-state index is 0.00891. The maximum Gasteiger partial charge on any atom is 0.269 e. The molecule has 4 aromatic rings. The molecule has 0 aliphatic heterocycles. The number of carbonyl (C=O) groups is 1. The van der Waals surface area contributed by atoms with Crippen molar-refractivity contribution in [2.24, 2.45) is 0 Å². The predicted octanol–water partition coefficient (Wildman–Crippen LogP) is 4.67. The van der Waals surface area contributed by atoms with Gasteiger partial charge in [-0.1, -0.05) is 23.7 Å². The van der Waals surface area contributed by atoms with Crippen molar-refractivity contribution < 1.29 is 9.72 Å². The number of hydrogen-bond acceptors (Lipinski definition) is 6. The van der Waals surface area contributed by atoms with Crippen LogP contribution in [-0.2, 0) is 4.79 Å². The second kappa shape index (κ2) is 7.82. The lowest BCUT2D eigenvalue weighted by Gasteiger charge is -1.99. The smallest absolute Gasteiger partial charge is 0.269 e. The second-order valence-corrected chi connectivity index (χ2v) is 7.20. The molecule has 2 aromatic heterocycles. The van der Waals surface area contributed by atoms with Crippen molar-refractivity contribution in [3.63, 3.8) is 0 Å². The zero-order valence-corrected chi connectivity index (χ0v) is 16.2. The van der Waals surface area contributed by atoms with E-state index in [9.17, 15) is 14.9 Å². The van der Waals surface area contributed by atoms with Crippen molar-refractivity contribution in [3.8, 4) is 11.3 Å². The highest BCUT2D eigenvalue weighted by Gasteiger charge is 2.12. The van der Waals surface area contributed by atoms with E-state index in [1.165, 1.54) is 29.5 Å². The molecule has 0 saturated heterocycles. The number of nitro benzene ring substituents is 1. The number of amides is 1. The number of carbonyl (C=O) groups excluding carboxylic acids is 1. The van der Waals surface area contributed by atoms with Gasteiger partial charge in [-0.2, -0.15) is 4.98 Å². The highest BCUT2D eigenvalue weighted by Crippen LogP contribution is 2.27. The van der Waals surface area contributed by atoms with Gasteiger partial charge in [0.1, 0.15) is 0 Å². The normalized spacial score (nSPS) is 11.2. The molecule has 0 aliphatic carbocycles. The summed E-state index contributed by atoms with van der Waals surface area (Å²) in [5.41, 5.74) is 2.43. The molecule has 29 heavy (non-hydrogen) atoms. The fourth-order valence-corrected chi connectivity index (χ4v) is 3.54. The third-order valence-electron chi connectivity index (χ3n) is 3.99. The largest absolute Gasteiger partial charge is 0.290 e. The van der Waals surface area contributed by atoms with E-state index in [2.05, 4.69) is 15.4 Å². The zero-order valence-electron chi connectivity index (χ0n) is 14.7. The Balaban J connectivity index is 1.48. The Hall–Kier alpha value is -3.56. The van der Waals surface area contributed by atoms with Gasteiger partial charge in [-0.3, -0.25) is 20.2 Å². The molecule has 1 amide bonds.